The summed E-state index contributed by atoms with van der Waals surface area (Å²) >= 11 is 1.43. The van der Waals surface area contributed by atoms with Gasteiger partial charge in [0.15, 0.2) is 0 Å². The molecule has 0 fully saturated rings. The molecular formula is C18H17N3OS. The molecule has 0 N–H and O–H groups in total. The third kappa shape index (κ3) is 3.46. The van der Waals surface area contributed by atoms with E-state index in [2.05, 4.69) is 10.2 Å². The van der Waals surface area contributed by atoms with Crippen molar-refractivity contribution in [1.29, 1.82) is 0 Å². The number of carbonyl (C=O) groups is 1. The molecule has 4 nitrogen and oxygen atoms in total. The van der Waals surface area contributed by atoms with Crippen molar-refractivity contribution < 1.29 is 4.79 Å². The Hall–Kier alpha value is -2.53. The topological polar surface area (TPSA) is 46.1 Å². The molecule has 3 aromatic rings. The third-order valence-corrected chi connectivity index (χ3v) is 4.68. The smallest absolute Gasteiger partial charge is 0.232 e. The zero-order valence-corrected chi connectivity index (χ0v) is 13.9. The Morgan fingerprint density at radius 3 is 2.48 bits per heavy atom. The summed E-state index contributed by atoms with van der Waals surface area (Å²) in [5.74, 6) is 0.00341. The number of carbonyl (C=O) groups excluding carboxylic acids is 1. The Bertz CT molecular complexity index is 814. The molecule has 0 saturated carbocycles. The molecule has 1 aromatic heterocycles. The number of hydrogen-bond acceptors (Lipinski definition) is 4. The Kier molecular flexibility index (Phi) is 4.48. The molecular weight excluding hydrogens is 306 g/mol. The first-order chi connectivity index (χ1) is 11.1. The highest BCUT2D eigenvalue weighted by Crippen LogP contribution is 2.30. The maximum atomic E-state index is 12.4. The first-order valence-electron chi connectivity index (χ1n) is 7.35. The van der Waals surface area contributed by atoms with Crippen molar-refractivity contribution in [2.24, 2.45) is 0 Å². The molecule has 0 unspecified atom stereocenters. The van der Waals surface area contributed by atoms with Crippen LogP contribution in [0, 0.1) is 6.92 Å². The summed E-state index contributed by atoms with van der Waals surface area (Å²) in [5, 5.41) is 9.85. The summed E-state index contributed by atoms with van der Waals surface area (Å²) in [6.07, 6.45) is 0.358. The molecule has 0 aliphatic carbocycles. The van der Waals surface area contributed by atoms with Gasteiger partial charge in [0, 0.05) is 12.6 Å². The fraction of sp³-hybridized carbons (Fsp3) is 0.167. The first kappa shape index (κ1) is 15.4. The van der Waals surface area contributed by atoms with Gasteiger partial charge in [-0.2, -0.15) is 0 Å². The second kappa shape index (κ2) is 6.71. The molecule has 0 aliphatic heterocycles. The Balaban J connectivity index is 1.77. The molecule has 0 aliphatic rings. The van der Waals surface area contributed by atoms with E-state index in [1.165, 1.54) is 11.3 Å². The van der Waals surface area contributed by atoms with Crippen molar-refractivity contribution in [3.8, 4) is 10.6 Å². The van der Waals surface area contributed by atoms with Gasteiger partial charge in [-0.1, -0.05) is 65.9 Å². The summed E-state index contributed by atoms with van der Waals surface area (Å²) < 4.78 is 0. The average molecular weight is 323 g/mol. The molecule has 0 radical (unpaired) electrons. The van der Waals surface area contributed by atoms with Crippen LogP contribution in [0.4, 0.5) is 5.13 Å². The van der Waals surface area contributed by atoms with E-state index in [4.69, 9.17) is 0 Å². The molecule has 0 atom stereocenters. The van der Waals surface area contributed by atoms with Crippen molar-refractivity contribution >= 4 is 22.4 Å². The third-order valence-electron chi connectivity index (χ3n) is 3.65. The van der Waals surface area contributed by atoms with Gasteiger partial charge in [-0.3, -0.25) is 9.69 Å². The van der Waals surface area contributed by atoms with Crippen LogP contribution < -0.4 is 4.90 Å². The summed E-state index contributed by atoms with van der Waals surface area (Å²) in [4.78, 5) is 14.0. The molecule has 0 bridgehead atoms. The highest BCUT2D eigenvalue weighted by molar-refractivity contribution is 7.18. The lowest BCUT2D eigenvalue weighted by Gasteiger charge is -2.12. The monoisotopic (exact) mass is 323 g/mol. The molecule has 5 heteroatoms. The Morgan fingerprint density at radius 2 is 1.74 bits per heavy atom. The van der Waals surface area contributed by atoms with E-state index in [1.54, 1.807) is 11.9 Å². The molecule has 23 heavy (non-hydrogen) atoms. The summed E-state index contributed by atoms with van der Waals surface area (Å²) in [7, 11) is 1.74. The van der Waals surface area contributed by atoms with E-state index < -0.39 is 0 Å². The normalized spacial score (nSPS) is 10.5. The number of benzene rings is 2. The standard InChI is InChI=1S/C18H17N3OS/c1-13-8-6-7-11-15(13)17-19-20-18(23-17)21(2)16(22)12-14-9-4-3-5-10-14/h3-11H,12H2,1-2H3. The molecule has 1 heterocycles. The number of rotatable bonds is 4. The van der Waals surface area contributed by atoms with Crippen LogP contribution in [0.1, 0.15) is 11.1 Å². The van der Waals surface area contributed by atoms with Gasteiger partial charge in [0.05, 0.1) is 6.42 Å². The van der Waals surface area contributed by atoms with Crippen LogP contribution in [0.5, 0.6) is 0 Å². The second-order valence-corrected chi connectivity index (χ2v) is 6.28. The first-order valence-corrected chi connectivity index (χ1v) is 8.17. The molecule has 3 rings (SSSR count). The SMILES string of the molecule is Cc1ccccc1-c1nnc(N(C)C(=O)Cc2ccccc2)s1. The molecule has 1 amide bonds. The van der Waals surface area contributed by atoms with Gasteiger partial charge in [-0.25, -0.2) is 0 Å². The quantitative estimate of drug-likeness (QED) is 0.735. The molecule has 0 spiro atoms. The zero-order valence-electron chi connectivity index (χ0n) is 13.1. The predicted octanol–water partition coefficient (Wildman–Crippen LogP) is 3.72. The van der Waals surface area contributed by atoms with E-state index in [1.807, 2.05) is 61.5 Å². The van der Waals surface area contributed by atoms with Crippen LogP contribution in [-0.4, -0.2) is 23.2 Å². The van der Waals surface area contributed by atoms with Crippen molar-refractivity contribution in [2.75, 3.05) is 11.9 Å². The van der Waals surface area contributed by atoms with Crippen LogP contribution in [0.15, 0.2) is 54.6 Å². The second-order valence-electron chi connectivity index (χ2n) is 5.32. The van der Waals surface area contributed by atoms with Crippen molar-refractivity contribution in [3.63, 3.8) is 0 Å². The average Bonchev–Trinajstić information content (AvgIpc) is 3.05. The fourth-order valence-corrected chi connectivity index (χ4v) is 3.18. The van der Waals surface area contributed by atoms with Crippen molar-refractivity contribution in [2.45, 2.75) is 13.3 Å². The van der Waals surface area contributed by atoms with Gasteiger partial charge in [0.25, 0.3) is 0 Å². The van der Waals surface area contributed by atoms with E-state index in [-0.39, 0.29) is 5.91 Å². The fourth-order valence-electron chi connectivity index (χ4n) is 2.27. The minimum atomic E-state index is 0.00341. The number of hydrogen-bond donors (Lipinski definition) is 0. The van der Waals surface area contributed by atoms with E-state index >= 15 is 0 Å². The zero-order chi connectivity index (χ0) is 16.2. The van der Waals surface area contributed by atoms with Gasteiger partial charge >= 0.3 is 0 Å². The Morgan fingerprint density at radius 1 is 1.04 bits per heavy atom. The van der Waals surface area contributed by atoms with Gasteiger partial charge in [0.1, 0.15) is 5.01 Å². The highest BCUT2D eigenvalue weighted by Gasteiger charge is 2.17. The lowest BCUT2D eigenvalue weighted by molar-refractivity contribution is -0.117. The minimum Gasteiger partial charge on any atom is -0.290 e. The lowest BCUT2D eigenvalue weighted by Crippen LogP contribution is -2.27. The predicted molar refractivity (Wildman–Crippen MR) is 93.6 cm³/mol. The van der Waals surface area contributed by atoms with Crippen LogP contribution in [0.25, 0.3) is 10.6 Å². The largest absolute Gasteiger partial charge is 0.290 e. The lowest BCUT2D eigenvalue weighted by atomic mass is 10.1. The maximum absolute atomic E-state index is 12.4. The summed E-state index contributed by atoms with van der Waals surface area (Å²) in [5.41, 5.74) is 3.20. The Labute approximate surface area is 139 Å². The number of likely N-dealkylation sites (N-methyl/N-ethyl adjacent to an activating group) is 1. The molecule has 0 saturated heterocycles. The number of nitrogens with zero attached hydrogens (tertiary/aromatic N) is 3. The number of anilines is 1. The number of amides is 1. The van der Waals surface area contributed by atoms with E-state index in [0.29, 0.717) is 11.6 Å². The van der Waals surface area contributed by atoms with Crippen LogP contribution in [-0.2, 0) is 11.2 Å². The molecule has 116 valence electrons. The maximum Gasteiger partial charge on any atom is 0.232 e. The van der Waals surface area contributed by atoms with Crippen LogP contribution in [0.3, 0.4) is 0 Å². The van der Waals surface area contributed by atoms with Gasteiger partial charge in [-0.05, 0) is 18.1 Å². The van der Waals surface area contributed by atoms with Gasteiger partial charge < -0.3 is 0 Å². The van der Waals surface area contributed by atoms with Crippen LogP contribution >= 0.6 is 11.3 Å². The number of aryl methyl sites for hydroxylation is 1. The summed E-state index contributed by atoms with van der Waals surface area (Å²) in [6.45, 7) is 2.04. The summed E-state index contributed by atoms with van der Waals surface area (Å²) in [6, 6.07) is 17.7. The highest BCUT2D eigenvalue weighted by atomic mass is 32.1. The van der Waals surface area contributed by atoms with Crippen molar-refractivity contribution in [3.05, 3.63) is 65.7 Å². The van der Waals surface area contributed by atoms with E-state index in [0.717, 1.165) is 21.7 Å². The van der Waals surface area contributed by atoms with Crippen molar-refractivity contribution in [1.82, 2.24) is 10.2 Å². The van der Waals surface area contributed by atoms with E-state index in [9.17, 15) is 4.79 Å². The number of aromatic nitrogens is 2. The van der Waals surface area contributed by atoms with Crippen LogP contribution in [0.2, 0.25) is 0 Å². The molecule has 2 aromatic carbocycles. The van der Waals surface area contributed by atoms with Gasteiger partial charge in [0.2, 0.25) is 11.0 Å². The van der Waals surface area contributed by atoms with Gasteiger partial charge in [-0.15, -0.1) is 10.2 Å². The minimum absolute atomic E-state index is 0.00341.